The van der Waals surface area contributed by atoms with Crippen LogP contribution in [0.3, 0.4) is 0 Å². The summed E-state index contributed by atoms with van der Waals surface area (Å²) >= 11 is 5.22. The van der Waals surface area contributed by atoms with Crippen molar-refractivity contribution < 1.29 is 0 Å². The molecule has 90 valence electrons. The first-order valence-electron chi connectivity index (χ1n) is 5.59. The summed E-state index contributed by atoms with van der Waals surface area (Å²) in [5.74, 6) is 0. The highest BCUT2D eigenvalue weighted by atomic mass is 79.9. The minimum Gasteiger partial charge on any atom is -0.310 e. The van der Waals surface area contributed by atoms with E-state index in [0.717, 1.165) is 16.0 Å². The van der Waals surface area contributed by atoms with Gasteiger partial charge in [-0.15, -0.1) is 11.3 Å². The average Bonchev–Trinajstić information content (AvgIpc) is 2.75. The Labute approximate surface area is 114 Å². The summed E-state index contributed by atoms with van der Waals surface area (Å²) in [5.41, 5.74) is 1.17. The standard InChI is InChI=1S/C13H15BrN2S/c1-9(2)15-7-12-8-16-13(17-12)10-4-3-5-11(14)6-10/h3-6,8-9,15H,7H2,1-2H3. The molecule has 0 aliphatic rings. The first-order valence-corrected chi connectivity index (χ1v) is 7.20. The van der Waals surface area contributed by atoms with Crippen molar-refractivity contribution in [2.24, 2.45) is 0 Å². The molecule has 1 aromatic heterocycles. The lowest BCUT2D eigenvalue weighted by molar-refractivity contribution is 0.593. The Morgan fingerprint density at radius 1 is 1.41 bits per heavy atom. The molecule has 0 aliphatic heterocycles. The maximum atomic E-state index is 4.46. The summed E-state index contributed by atoms with van der Waals surface area (Å²) in [7, 11) is 0. The van der Waals surface area contributed by atoms with Crippen LogP contribution in [0.5, 0.6) is 0 Å². The molecule has 0 aliphatic carbocycles. The van der Waals surface area contributed by atoms with Crippen LogP contribution >= 0.6 is 27.3 Å². The van der Waals surface area contributed by atoms with E-state index in [2.05, 4.69) is 52.2 Å². The number of nitrogens with one attached hydrogen (secondary N) is 1. The molecule has 17 heavy (non-hydrogen) atoms. The van der Waals surface area contributed by atoms with Gasteiger partial charge < -0.3 is 5.32 Å². The van der Waals surface area contributed by atoms with E-state index in [1.807, 2.05) is 18.3 Å². The normalized spacial score (nSPS) is 11.1. The van der Waals surface area contributed by atoms with Gasteiger partial charge in [0.1, 0.15) is 5.01 Å². The molecule has 2 nitrogen and oxygen atoms in total. The third-order valence-electron chi connectivity index (χ3n) is 2.31. The number of aromatic nitrogens is 1. The first kappa shape index (κ1) is 12.7. The summed E-state index contributed by atoms with van der Waals surface area (Å²) in [6.45, 7) is 5.19. The molecule has 0 bridgehead atoms. The van der Waals surface area contributed by atoms with E-state index >= 15 is 0 Å². The number of benzene rings is 1. The van der Waals surface area contributed by atoms with Gasteiger partial charge in [-0.1, -0.05) is 41.9 Å². The van der Waals surface area contributed by atoms with Crippen molar-refractivity contribution in [3.8, 4) is 10.6 Å². The fraction of sp³-hybridized carbons (Fsp3) is 0.308. The van der Waals surface area contributed by atoms with E-state index in [1.165, 1.54) is 10.4 Å². The van der Waals surface area contributed by atoms with Gasteiger partial charge in [-0.3, -0.25) is 0 Å². The number of halogens is 1. The molecule has 0 fully saturated rings. The van der Waals surface area contributed by atoms with E-state index in [4.69, 9.17) is 0 Å². The zero-order valence-electron chi connectivity index (χ0n) is 9.90. The van der Waals surface area contributed by atoms with Crippen molar-refractivity contribution in [2.75, 3.05) is 0 Å². The van der Waals surface area contributed by atoms with Gasteiger partial charge in [0.05, 0.1) is 0 Å². The Morgan fingerprint density at radius 3 is 2.94 bits per heavy atom. The van der Waals surface area contributed by atoms with Gasteiger partial charge in [-0.25, -0.2) is 4.98 Å². The van der Waals surface area contributed by atoms with Crippen LogP contribution in [0.15, 0.2) is 34.9 Å². The second-order valence-corrected chi connectivity index (χ2v) is 6.21. The third kappa shape index (κ3) is 3.63. The summed E-state index contributed by atoms with van der Waals surface area (Å²) < 4.78 is 1.09. The van der Waals surface area contributed by atoms with Crippen molar-refractivity contribution in [1.29, 1.82) is 0 Å². The SMILES string of the molecule is CC(C)NCc1cnc(-c2cccc(Br)c2)s1. The summed E-state index contributed by atoms with van der Waals surface area (Å²) in [4.78, 5) is 5.74. The van der Waals surface area contributed by atoms with Gasteiger partial charge in [0.25, 0.3) is 0 Å². The Bertz CT molecular complexity index is 494. The predicted molar refractivity (Wildman–Crippen MR) is 77.2 cm³/mol. The van der Waals surface area contributed by atoms with Gasteiger partial charge >= 0.3 is 0 Å². The Hall–Kier alpha value is -0.710. The number of hydrogen-bond donors (Lipinski definition) is 1. The molecule has 0 saturated carbocycles. The molecule has 0 saturated heterocycles. The molecule has 0 amide bonds. The van der Waals surface area contributed by atoms with E-state index in [0.29, 0.717) is 6.04 Å². The van der Waals surface area contributed by atoms with E-state index in [1.54, 1.807) is 11.3 Å². The number of hydrogen-bond acceptors (Lipinski definition) is 3. The molecular weight excluding hydrogens is 296 g/mol. The minimum absolute atomic E-state index is 0.506. The van der Waals surface area contributed by atoms with E-state index in [-0.39, 0.29) is 0 Å². The lowest BCUT2D eigenvalue weighted by atomic mass is 10.2. The largest absolute Gasteiger partial charge is 0.310 e. The van der Waals surface area contributed by atoms with Gasteiger partial charge in [0, 0.05) is 33.7 Å². The maximum absolute atomic E-state index is 4.46. The number of thiazole rings is 1. The first-order chi connectivity index (χ1) is 8.15. The molecule has 2 rings (SSSR count). The molecule has 4 heteroatoms. The van der Waals surface area contributed by atoms with Crippen LogP contribution in [0, 0.1) is 0 Å². The van der Waals surface area contributed by atoms with Crippen LogP contribution in [-0.4, -0.2) is 11.0 Å². The Kier molecular flexibility index (Phi) is 4.31. The average molecular weight is 311 g/mol. The van der Waals surface area contributed by atoms with Crippen molar-refractivity contribution in [3.05, 3.63) is 39.8 Å². The van der Waals surface area contributed by atoms with Gasteiger partial charge in [0.15, 0.2) is 0 Å². The topological polar surface area (TPSA) is 24.9 Å². The van der Waals surface area contributed by atoms with E-state index in [9.17, 15) is 0 Å². The van der Waals surface area contributed by atoms with Crippen molar-refractivity contribution in [3.63, 3.8) is 0 Å². The van der Waals surface area contributed by atoms with Crippen LogP contribution in [-0.2, 0) is 6.54 Å². The van der Waals surface area contributed by atoms with Gasteiger partial charge in [-0.2, -0.15) is 0 Å². The highest BCUT2D eigenvalue weighted by Gasteiger charge is 2.05. The second kappa shape index (κ2) is 5.76. The van der Waals surface area contributed by atoms with Gasteiger partial charge in [-0.05, 0) is 12.1 Å². The molecular formula is C13H15BrN2S. The lowest BCUT2D eigenvalue weighted by Crippen LogP contribution is -2.21. The summed E-state index contributed by atoms with van der Waals surface area (Å²) in [6.07, 6.45) is 1.95. The van der Waals surface area contributed by atoms with Crippen LogP contribution < -0.4 is 5.32 Å². The van der Waals surface area contributed by atoms with Crippen LogP contribution in [0.1, 0.15) is 18.7 Å². The zero-order valence-corrected chi connectivity index (χ0v) is 12.3. The van der Waals surface area contributed by atoms with Crippen LogP contribution in [0.4, 0.5) is 0 Å². The molecule has 0 spiro atoms. The highest BCUT2D eigenvalue weighted by Crippen LogP contribution is 2.27. The zero-order chi connectivity index (χ0) is 12.3. The predicted octanol–water partition coefficient (Wildman–Crippen LogP) is 4.07. The van der Waals surface area contributed by atoms with Crippen molar-refractivity contribution in [2.45, 2.75) is 26.4 Å². The van der Waals surface area contributed by atoms with Crippen molar-refractivity contribution >= 4 is 27.3 Å². The lowest BCUT2D eigenvalue weighted by Gasteiger charge is -2.04. The smallest absolute Gasteiger partial charge is 0.123 e. The van der Waals surface area contributed by atoms with Crippen molar-refractivity contribution in [1.82, 2.24) is 10.3 Å². The number of nitrogens with zero attached hydrogens (tertiary/aromatic N) is 1. The maximum Gasteiger partial charge on any atom is 0.123 e. The summed E-state index contributed by atoms with van der Waals surface area (Å²) in [5, 5.41) is 4.47. The van der Waals surface area contributed by atoms with E-state index < -0.39 is 0 Å². The minimum atomic E-state index is 0.506. The third-order valence-corrected chi connectivity index (χ3v) is 3.85. The highest BCUT2D eigenvalue weighted by molar-refractivity contribution is 9.10. The molecule has 1 N–H and O–H groups in total. The fourth-order valence-electron chi connectivity index (χ4n) is 1.45. The quantitative estimate of drug-likeness (QED) is 0.920. The Morgan fingerprint density at radius 2 is 2.24 bits per heavy atom. The molecule has 0 radical (unpaired) electrons. The second-order valence-electron chi connectivity index (χ2n) is 4.18. The van der Waals surface area contributed by atoms with Crippen LogP contribution in [0.25, 0.3) is 10.6 Å². The monoisotopic (exact) mass is 310 g/mol. The van der Waals surface area contributed by atoms with Crippen LogP contribution in [0.2, 0.25) is 0 Å². The Balaban J connectivity index is 2.12. The molecule has 0 atom stereocenters. The number of rotatable bonds is 4. The molecule has 0 unspecified atom stereocenters. The summed E-state index contributed by atoms with van der Waals surface area (Å²) in [6, 6.07) is 8.75. The fourth-order valence-corrected chi connectivity index (χ4v) is 2.71. The van der Waals surface area contributed by atoms with Gasteiger partial charge in [0.2, 0.25) is 0 Å². The molecule has 2 aromatic rings. The molecule has 1 aromatic carbocycles. The molecule has 1 heterocycles.